The van der Waals surface area contributed by atoms with E-state index in [4.69, 9.17) is 5.41 Å². The van der Waals surface area contributed by atoms with Crippen molar-refractivity contribution in [2.45, 2.75) is 20.8 Å². The second-order valence-corrected chi connectivity index (χ2v) is 1.85. The molecule has 0 heterocycles. The van der Waals surface area contributed by atoms with E-state index in [9.17, 15) is 0 Å². The Balaban J connectivity index is 3.83. The molecular formula is C7H14N2. The Morgan fingerprint density at radius 1 is 1.67 bits per heavy atom. The minimum absolute atomic E-state index is 0.593. The van der Waals surface area contributed by atoms with E-state index in [2.05, 4.69) is 0 Å². The van der Waals surface area contributed by atoms with E-state index in [-0.39, 0.29) is 0 Å². The second kappa shape index (κ2) is 4.13. The van der Waals surface area contributed by atoms with E-state index in [0.29, 0.717) is 5.84 Å². The van der Waals surface area contributed by atoms with Gasteiger partial charge in [0.1, 0.15) is 0 Å². The van der Waals surface area contributed by atoms with Crippen molar-refractivity contribution >= 4 is 5.84 Å². The summed E-state index contributed by atoms with van der Waals surface area (Å²) in [6, 6.07) is 0. The summed E-state index contributed by atoms with van der Waals surface area (Å²) in [5, 5.41) is 7.23. The van der Waals surface area contributed by atoms with Crippen LogP contribution in [-0.4, -0.2) is 17.3 Å². The van der Waals surface area contributed by atoms with Crippen molar-refractivity contribution < 1.29 is 0 Å². The molecule has 0 bridgehead atoms. The molecule has 0 fully saturated rings. The molecule has 0 aromatic carbocycles. The van der Waals surface area contributed by atoms with E-state index < -0.39 is 0 Å². The van der Waals surface area contributed by atoms with Crippen molar-refractivity contribution in [3.05, 3.63) is 12.3 Å². The molecule has 0 aromatic heterocycles. The number of hydrogen-bond acceptors (Lipinski definition) is 1. The van der Waals surface area contributed by atoms with Crippen molar-refractivity contribution in [3.8, 4) is 0 Å². The summed E-state index contributed by atoms with van der Waals surface area (Å²) in [7, 11) is 0. The van der Waals surface area contributed by atoms with Crippen LogP contribution in [0.4, 0.5) is 0 Å². The Morgan fingerprint density at radius 3 is 2.33 bits per heavy atom. The van der Waals surface area contributed by atoms with Crippen LogP contribution in [0, 0.1) is 5.41 Å². The molecule has 0 saturated carbocycles. The smallest absolute Gasteiger partial charge is 0.0965 e. The molecule has 0 aromatic rings. The molecule has 0 radical (unpaired) electrons. The zero-order chi connectivity index (χ0) is 7.28. The molecule has 0 aliphatic rings. The maximum Gasteiger partial charge on any atom is 0.0965 e. The average molecular weight is 126 g/mol. The van der Waals surface area contributed by atoms with Crippen LogP contribution in [0.25, 0.3) is 0 Å². The van der Waals surface area contributed by atoms with Gasteiger partial charge in [-0.1, -0.05) is 6.08 Å². The fourth-order valence-electron chi connectivity index (χ4n) is 0.634. The second-order valence-electron chi connectivity index (χ2n) is 1.85. The molecule has 2 nitrogen and oxygen atoms in total. The first-order chi connectivity index (χ1) is 4.22. The number of allylic oxidation sites excluding steroid dienone is 1. The molecule has 0 atom stereocenters. The summed E-state index contributed by atoms with van der Waals surface area (Å²) in [6.07, 6.45) is 3.84. The van der Waals surface area contributed by atoms with Gasteiger partial charge in [-0.2, -0.15) is 0 Å². The number of hydrogen-bond donors (Lipinski definition) is 1. The number of rotatable bonds is 2. The summed E-state index contributed by atoms with van der Waals surface area (Å²) in [5.41, 5.74) is 0. The van der Waals surface area contributed by atoms with Gasteiger partial charge in [0.2, 0.25) is 0 Å². The van der Waals surface area contributed by atoms with E-state index in [1.807, 2.05) is 31.0 Å². The third-order valence-corrected chi connectivity index (χ3v) is 1.10. The molecule has 0 aliphatic carbocycles. The Bertz CT molecular complexity index is 116. The summed E-state index contributed by atoms with van der Waals surface area (Å²) < 4.78 is 0. The molecule has 1 N–H and O–H groups in total. The number of nitrogens with one attached hydrogen (secondary N) is 1. The zero-order valence-corrected chi connectivity index (χ0v) is 6.31. The lowest BCUT2D eigenvalue weighted by atomic mass is 10.5. The lowest BCUT2D eigenvalue weighted by Gasteiger charge is -2.14. The minimum Gasteiger partial charge on any atom is -0.338 e. The monoisotopic (exact) mass is 126 g/mol. The number of nitrogens with zero attached hydrogens (tertiary/aromatic N) is 1. The highest BCUT2D eigenvalue weighted by Crippen LogP contribution is 1.89. The first-order valence-corrected chi connectivity index (χ1v) is 3.17. The highest BCUT2D eigenvalue weighted by molar-refractivity contribution is 5.77. The molecule has 2 heteroatoms. The topological polar surface area (TPSA) is 27.1 Å². The maximum atomic E-state index is 7.23. The van der Waals surface area contributed by atoms with Crippen LogP contribution in [0.2, 0.25) is 0 Å². The molecule has 9 heavy (non-hydrogen) atoms. The lowest BCUT2D eigenvalue weighted by Crippen LogP contribution is -2.21. The molecule has 0 rings (SSSR count). The highest BCUT2D eigenvalue weighted by Gasteiger charge is 1.93. The third-order valence-electron chi connectivity index (χ3n) is 1.10. The van der Waals surface area contributed by atoms with Gasteiger partial charge in [0.05, 0.1) is 5.84 Å². The van der Waals surface area contributed by atoms with Gasteiger partial charge in [-0.05, 0) is 20.8 Å². The van der Waals surface area contributed by atoms with Crippen molar-refractivity contribution in [1.29, 1.82) is 5.41 Å². The van der Waals surface area contributed by atoms with Gasteiger partial charge in [0.25, 0.3) is 0 Å². The molecule has 0 aliphatic heterocycles. The summed E-state index contributed by atoms with van der Waals surface area (Å²) in [6.45, 7) is 6.63. The van der Waals surface area contributed by atoms with Crippen LogP contribution >= 0.6 is 0 Å². The van der Waals surface area contributed by atoms with Crippen molar-refractivity contribution in [2.75, 3.05) is 6.54 Å². The Labute approximate surface area is 56.7 Å². The predicted octanol–water partition coefficient (Wildman–Crippen LogP) is 1.84. The van der Waals surface area contributed by atoms with Crippen LogP contribution in [0.5, 0.6) is 0 Å². The molecule has 0 amide bonds. The van der Waals surface area contributed by atoms with Crippen molar-refractivity contribution in [2.24, 2.45) is 0 Å². The SMILES string of the molecule is C/C=C\N(CC)C(C)=N. The van der Waals surface area contributed by atoms with Crippen LogP contribution in [-0.2, 0) is 0 Å². The predicted molar refractivity (Wildman–Crippen MR) is 40.6 cm³/mol. The Kier molecular flexibility index (Phi) is 3.76. The largest absolute Gasteiger partial charge is 0.338 e. The normalized spacial score (nSPS) is 10.1. The molecule has 52 valence electrons. The van der Waals surface area contributed by atoms with Gasteiger partial charge in [0.15, 0.2) is 0 Å². The summed E-state index contributed by atoms with van der Waals surface area (Å²) in [5.74, 6) is 0.593. The lowest BCUT2D eigenvalue weighted by molar-refractivity contribution is 0.581. The fourth-order valence-corrected chi connectivity index (χ4v) is 0.634. The van der Waals surface area contributed by atoms with E-state index >= 15 is 0 Å². The quantitative estimate of drug-likeness (QED) is 0.443. The molecule has 0 unspecified atom stereocenters. The first-order valence-electron chi connectivity index (χ1n) is 3.17. The van der Waals surface area contributed by atoms with Gasteiger partial charge in [-0.3, -0.25) is 5.41 Å². The van der Waals surface area contributed by atoms with Gasteiger partial charge in [-0.15, -0.1) is 0 Å². The average Bonchev–Trinajstić information content (AvgIpc) is 1.82. The first kappa shape index (κ1) is 8.21. The molecular weight excluding hydrogens is 112 g/mol. The fraction of sp³-hybridized carbons (Fsp3) is 0.571. The van der Waals surface area contributed by atoms with Gasteiger partial charge < -0.3 is 4.90 Å². The standard InChI is InChI=1S/C7H14N2/c1-4-6-9(5-2)7(3)8/h4,6,8H,5H2,1-3H3/b6-4-,8-7?. The summed E-state index contributed by atoms with van der Waals surface area (Å²) in [4.78, 5) is 1.88. The van der Waals surface area contributed by atoms with Crippen LogP contribution in [0.3, 0.4) is 0 Å². The molecule has 0 saturated heterocycles. The Hall–Kier alpha value is -0.790. The van der Waals surface area contributed by atoms with Crippen molar-refractivity contribution in [1.82, 2.24) is 4.90 Å². The van der Waals surface area contributed by atoms with Crippen molar-refractivity contribution in [3.63, 3.8) is 0 Å². The van der Waals surface area contributed by atoms with Crippen LogP contribution in [0.15, 0.2) is 12.3 Å². The van der Waals surface area contributed by atoms with E-state index in [0.717, 1.165) is 6.54 Å². The zero-order valence-electron chi connectivity index (χ0n) is 6.31. The third kappa shape index (κ3) is 2.90. The van der Waals surface area contributed by atoms with E-state index in [1.165, 1.54) is 0 Å². The maximum absolute atomic E-state index is 7.23. The van der Waals surface area contributed by atoms with Crippen LogP contribution < -0.4 is 0 Å². The van der Waals surface area contributed by atoms with Gasteiger partial charge in [-0.25, -0.2) is 0 Å². The summed E-state index contributed by atoms with van der Waals surface area (Å²) >= 11 is 0. The van der Waals surface area contributed by atoms with Gasteiger partial charge >= 0.3 is 0 Å². The molecule has 0 spiro atoms. The van der Waals surface area contributed by atoms with Gasteiger partial charge in [0, 0.05) is 12.7 Å². The Morgan fingerprint density at radius 2 is 2.22 bits per heavy atom. The van der Waals surface area contributed by atoms with E-state index in [1.54, 1.807) is 6.92 Å². The highest BCUT2D eigenvalue weighted by atomic mass is 15.1. The number of amidine groups is 1. The minimum atomic E-state index is 0.593. The van der Waals surface area contributed by atoms with Crippen LogP contribution in [0.1, 0.15) is 20.8 Å².